The predicted octanol–water partition coefficient (Wildman–Crippen LogP) is 2.07. The van der Waals surface area contributed by atoms with Crippen LogP contribution in [0.15, 0.2) is 22.7 Å². The average Bonchev–Trinajstić information content (AvgIpc) is 2.27. The van der Waals surface area contributed by atoms with Crippen molar-refractivity contribution in [1.29, 1.82) is 0 Å². The molecule has 2 N–H and O–H groups in total. The van der Waals surface area contributed by atoms with Crippen LogP contribution in [0.2, 0.25) is 0 Å². The monoisotopic (exact) mass is 300 g/mol. The third kappa shape index (κ3) is 2.79. The first-order valence-corrected chi connectivity index (χ1v) is 5.97. The molecule has 0 aliphatic carbocycles. The van der Waals surface area contributed by atoms with Crippen molar-refractivity contribution in [3.63, 3.8) is 0 Å². The van der Waals surface area contributed by atoms with Crippen molar-refractivity contribution < 1.29 is 9.53 Å². The van der Waals surface area contributed by atoms with E-state index in [1.54, 1.807) is 7.11 Å². The Hall–Kier alpha value is -1.07. The predicted molar refractivity (Wildman–Crippen MR) is 70.7 cm³/mol. The van der Waals surface area contributed by atoms with Gasteiger partial charge in [-0.2, -0.15) is 0 Å². The van der Waals surface area contributed by atoms with Crippen molar-refractivity contribution >= 4 is 21.8 Å². The molecule has 5 heteroatoms. The number of benzene rings is 1. The first-order chi connectivity index (χ1) is 7.80. The minimum Gasteiger partial charge on any atom is -0.496 e. The standard InChI is InChI=1S/C12H17BrN2O2/c1-12(2,11(16)15(3)14)9-7-8(13)5-6-10(9)17-4/h5-7H,14H2,1-4H3. The summed E-state index contributed by atoms with van der Waals surface area (Å²) in [5, 5.41) is 1.10. The molecule has 0 bridgehead atoms. The van der Waals surface area contributed by atoms with Gasteiger partial charge in [0, 0.05) is 17.1 Å². The van der Waals surface area contributed by atoms with Gasteiger partial charge < -0.3 is 4.74 Å². The van der Waals surface area contributed by atoms with E-state index in [0.717, 1.165) is 15.0 Å². The molecular formula is C12H17BrN2O2. The highest BCUT2D eigenvalue weighted by molar-refractivity contribution is 9.10. The molecule has 0 radical (unpaired) electrons. The van der Waals surface area contributed by atoms with E-state index in [2.05, 4.69) is 15.9 Å². The fraction of sp³-hybridized carbons (Fsp3) is 0.417. The topological polar surface area (TPSA) is 55.6 Å². The third-order valence-electron chi connectivity index (χ3n) is 2.69. The number of rotatable bonds is 3. The molecule has 1 aromatic carbocycles. The van der Waals surface area contributed by atoms with Crippen molar-refractivity contribution in [1.82, 2.24) is 5.01 Å². The van der Waals surface area contributed by atoms with Crippen molar-refractivity contribution in [2.45, 2.75) is 19.3 Å². The van der Waals surface area contributed by atoms with Crippen molar-refractivity contribution in [2.24, 2.45) is 5.84 Å². The van der Waals surface area contributed by atoms with Crippen LogP contribution in [0, 0.1) is 0 Å². The van der Waals surface area contributed by atoms with E-state index in [1.807, 2.05) is 32.0 Å². The zero-order valence-electron chi connectivity index (χ0n) is 10.5. The second-order valence-corrected chi connectivity index (χ2v) is 5.30. The first kappa shape index (κ1) is 14.0. The Morgan fingerprint density at radius 3 is 2.53 bits per heavy atom. The van der Waals surface area contributed by atoms with Crippen LogP contribution in [0.1, 0.15) is 19.4 Å². The van der Waals surface area contributed by atoms with Gasteiger partial charge in [-0.25, -0.2) is 5.84 Å². The number of ether oxygens (including phenoxy) is 1. The van der Waals surface area contributed by atoms with Crippen molar-refractivity contribution in [2.75, 3.05) is 14.2 Å². The minimum absolute atomic E-state index is 0.172. The lowest BCUT2D eigenvalue weighted by Gasteiger charge is -2.28. The van der Waals surface area contributed by atoms with Crippen molar-refractivity contribution in [3.8, 4) is 5.75 Å². The molecule has 0 aromatic heterocycles. The molecule has 0 heterocycles. The van der Waals surface area contributed by atoms with Gasteiger partial charge in [-0.3, -0.25) is 9.80 Å². The van der Waals surface area contributed by atoms with E-state index in [4.69, 9.17) is 10.6 Å². The molecule has 17 heavy (non-hydrogen) atoms. The van der Waals surface area contributed by atoms with Gasteiger partial charge in [-0.15, -0.1) is 0 Å². The molecule has 1 rings (SSSR count). The Kier molecular flexibility index (Phi) is 4.16. The van der Waals surface area contributed by atoms with Crippen LogP contribution in [-0.2, 0) is 10.2 Å². The van der Waals surface area contributed by atoms with Gasteiger partial charge in [0.2, 0.25) is 5.91 Å². The number of hydrogen-bond donors (Lipinski definition) is 1. The normalized spacial score (nSPS) is 11.2. The Labute approximate surface area is 110 Å². The van der Waals surface area contributed by atoms with Gasteiger partial charge in [0.15, 0.2) is 0 Å². The zero-order valence-corrected chi connectivity index (χ0v) is 12.0. The van der Waals surface area contributed by atoms with Gasteiger partial charge >= 0.3 is 0 Å². The molecule has 0 aliphatic rings. The quantitative estimate of drug-likeness (QED) is 0.528. The summed E-state index contributed by atoms with van der Waals surface area (Å²) in [5.74, 6) is 6.02. The second kappa shape index (κ2) is 5.06. The number of amides is 1. The second-order valence-electron chi connectivity index (χ2n) is 4.39. The first-order valence-electron chi connectivity index (χ1n) is 5.17. The Balaban J connectivity index is 3.31. The fourth-order valence-electron chi connectivity index (χ4n) is 1.72. The van der Waals surface area contributed by atoms with E-state index in [0.29, 0.717) is 5.75 Å². The lowest BCUT2D eigenvalue weighted by atomic mass is 9.83. The summed E-state index contributed by atoms with van der Waals surface area (Å²) in [6.45, 7) is 3.64. The number of methoxy groups -OCH3 is 1. The zero-order chi connectivity index (χ0) is 13.2. The maximum atomic E-state index is 12.1. The van der Waals surface area contributed by atoms with E-state index >= 15 is 0 Å². The number of nitrogens with two attached hydrogens (primary N) is 1. The summed E-state index contributed by atoms with van der Waals surface area (Å²) in [4.78, 5) is 12.1. The lowest BCUT2D eigenvalue weighted by molar-refractivity contribution is -0.135. The molecule has 0 spiro atoms. The van der Waals surface area contributed by atoms with Gasteiger partial charge in [-0.1, -0.05) is 15.9 Å². The van der Waals surface area contributed by atoms with Crippen LogP contribution < -0.4 is 10.6 Å². The summed E-state index contributed by atoms with van der Waals surface area (Å²) in [7, 11) is 3.12. The fourth-order valence-corrected chi connectivity index (χ4v) is 2.09. The summed E-state index contributed by atoms with van der Waals surface area (Å²) in [5.41, 5.74) is 0.0650. The number of carbonyl (C=O) groups is 1. The number of nitrogens with zero attached hydrogens (tertiary/aromatic N) is 1. The summed E-state index contributed by atoms with van der Waals surface area (Å²) in [6.07, 6.45) is 0. The van der Waals surface area contributed by atoms with E-state index in [1.165, 1.54) is 7.05 Å². The smallest absolute Gasteiger partial charge is 0.246 e. The molecular weight excluding hydrogens is 284 g/mol. The number of likely N-dealkylation sites (N-methyl/N-ethyl adjacent to an activating group) is 1. The average molecular weight is 301 g/mol. The maximum Gasteiger partial charge on any atom is 0.246 e. The van der Waals surface area contributed by atoms with E-state index < -0.39 is 5.41 Å². The van der Waals surface area contributed by atoms with Gasteiger partial charge in [-0.05, 0) is 32.0 Å². The van der Waals surface area contributed by atoms with Crippen LogP contribution in [0.4, 0.5) is 0 Å². The molecule has 4 nitrogen and oxygen atoms in total. The Morgan fingerprint density at radius 2 is 2.06 bits per heavy atom. The summed E-state index contributed by atoms with van der Waals surface area (Å²) >= 11 is 3.39. The number of halogens is 1. The van der Waals surface area contributed by atoms with Crippen LogP contribution in [-0.4, -0.2) is 25.1 Å². The van der Waals surface area contributed by atoms with Crippen LogP contribution in [0.3, 0.4) is 0 Å². The Morgan fingerprint density at radius 1 is 1.47 bits per heavy atom. The Bertz CT molecular complexity index is 431. The number of hydrogen-bond acceptors (Lipinski definition) is 3. The van der Waals surface area contributed by atoms with Gasteiger partial charge in [0.1, 0.15) is 5.75 Å². The molecule has 1 amide bonds. The third-order valence-corrected chi connectivity index (χ3v) is 3.18. The maximum absolute atomic E-state index is 12.1. The minimum atomic E-state index is -0.737. The highest BCUT2D eigenvalue weighted by Gasteiger charge is 2.34. The highest BCUT2D eigenvalue weighted by atomic mass is 79.9. The molecule has 1 aromatic rings. The molecule has 0 unspecified atom stereocenters. The molecule has 94 valence electrons. The lowest BCUT2D eigenvalue weighted by Crippen LogP contribution is -2.45. The number of hydrazine groups is 1. The molecule has 0 aliphatic heterocycles. The molecule has 0 saturated heterocycles. The number of carbonyl (C=O) groups excluding carboxylic acids is 1. The molecule has 0 fully saturated rings. The molecule has 0 atom stereocenters. The summed E-state index contributed by atoms with van der Waals surface area (Å²) in [6, 6.07) is 5.57. The van der Waals surface area contributed by atoms with E-state index in [9.17, 15) is 4.79 Å². The van der Waals surface area contributed by atoms with Crippen molar-refractivity contribution in [3.05, 3.63) is 28.2 Å². The van der Waals surface area contributed by atoms with Gasteiger partial charge in [0.25, 0.3) is 0 Å². The SMILES string of the molecule is COc1ccc(Br)cc1C(C)(C)C(=O)N(C)N. The highest BCUT2D eigenvalue weighted by Crippen LogP contribution is 2.34. The van der Waals surface area contributed by atoms with Crippen LogP contribution >= 0.6 is 15.9 Å². The van der Waals surface area contributed by atoms with Gasteiger partial charge in [0.05, 0.1) is 12.5 Å². The molecule has 0 saturated carbocycles. The van der Waals surface area contributed by atoms with E-state index in [-0.39, 0.29) is 5.91 Å². The van der Waals surface area contributed by atoms with Crippen LogP contribution in [0.25, 0.3) is 0 Å². The van der Waals surface area contributed by atoms with Crippen LogP contribution in [0.5, 0.6) is 5.75 Å². The largest absolute Gasteiger partial charge is 0.496 e. The summed E-state index contributed by atoms with van der Waals surface area (Å²) < 4.78 is 6.18.